The third-order valence-corrected chi connectivity index (χ3v) is 3.00. The normalized spacial score (nSPS) is 19.3. The maximum absolute atomic E-state index is 11.9. The number of aryl methyl sites for hydroxylation is 1. The van der Waals surface area contributed by atoms with Crippen molar-refractivity contribution in [3.63, 3.8) is 0 Å². The van der Waals surface area contributed by atoms with Crippen molar-refractivity contribution < 1.29 is 9.59 Å². The molecule has 1 atom stereocenters. The van der Waals surface area contributed by atoms with Crippen molar-refractivity contribution in [3.05, 3.63) is 29.6 Å². The third-order valence-electron chi connectivity index (χ3n) is 3.00. The topological polar surface area (TPSA) is 71.1 Å². The molecule has 1 aliphatic heterocycles. The average molecular weight is 247 g/mol. The average Bonchev–Trinajstić information content (AvgIpc) is 2.39. The van der Waals surface area contributed by atoms with Crippen LogP contribution in [0, 0.1) is 6.92 Å². The molecule has 0 unspecified atom stereocenters. The number of imide groups is 1. The summed E-state index contributed by atoms with van der Waals surface area (Å²) >= 11 is 0. The number of rotatable bonds is 2. The molecule has 1 saturated heterocycles. The van der Waals surface area contributed by atoms with Gasteiger partial charge in [-0.25, -0.2) is 0 Å². The van der Waals surface area contributed by atoms with Crippen LogP contribution >= 0.6 is 0 Å². The molecule has 5 heteroatoms. The SMILES string of the molecule is Cc1cncc(C(=O)NC(=O)[C@H]2CCCCN2)c1. The van der Waals surface area contributed by atoms with Crippen molar-refractivity contribution in [1.29, 1.82) is 0 Å². The quantitative estimate of drug-likeness (QED) is 0.758. The summed E-state index contributed by atoms with van der Waals surface area (Å²) in [6, 6.07) is 1.46. The predicted molar refractivity (Wildman–Crippen MR) is 67.1 cm³/mol. The number of aromatic nitrogens is 1. The summed E-state index contributed by atoms with van der Waals surface area (Å²) in [7, 11) is 0. The molecule has 1 aromatic rings. The van der Waals surface area contributed by atoms with E-state index < -0.39 is 0 Å². The lowest BCUT2D eigenvalue weighted by atomic mass is 10.0. The van der Waals surface area contributed by atoms with Crippen molar-refractivity contribution in [3.8, 4) is 0 Å². The maximum atomic E-state index is 11.9. The zero-order valence-electron chi connectivity index (χ0n) is 10.4. The lowest BCUT2D eigenvalue weighted by Crippen LogP contribution is -2.48. The maximum Gasteiger partial charge on any atom is 0.259 e. The Bertz CT molecular complexity index is 453. The molecule has 0 bridgehead atoms. The number of amides is 2. The van der Waals surface area contributed by atoms with Crippen LogP contribution in [0.2, 0.25) is 0 Å². The van der Waals surface area contributed by atoms with Gasteiger partial charge < -0.3 is 5.32 Å². The molecule has 0 aliphatic carbocycles. The third kappa shape index (κ3) is 3.13. The van der Waals surface area contributed by atoms with E-state index >= 15 is 0 Å². The molecule has 1 aliphatic rings. The van der Waals surface area contributed by atoms with E-state index in [0.717, 1.165) is 31.4 Å². The Morgan fingerprint density at radius 2 is 2.22 bits per heavy atom. The van der Waals surface area contributed by atoms with Crippen molar-refractivity contribution in [2.45, 2.75) is 32.2 Å². The van der Waals surface area contributed by atoms with Crippen LogP contribution < -0.4 is 10.6 Å². The monoisotopic (exact) mass is 247 g/mol. The minimum Gasteiger partial charge on any atom is -0.306 e. The second-order valence-electron chi connectivity index (χ2n) is 4.57. The molecule has 96 valence electrons. The number of hydrogen-bond acceptors (Lipinski definition) is 4. The summed E-state index contributed by atoms with van der Waals surface area (Å²) in [4.78, 5) is 27.6. The van der Waals surface area contributed by atoms with Gasteiger partial charge >= 0.3 is 0 Å². The minimum absolute atomic E-state index is 0.249. The number of pyridine rings is 1. The number of hydrogen-bond donors (Lipinski definition) is 2. The van der Waals surface area contributed by atoms with Crippen LogP contribution in [0.25, 0.3) is 0 Å². The smallest absolute Gasteiger partial charge is 0.259 e. The van der Waals surface area contributed by atoms with Crippen LogP contribution in [0.3, 0.4) is 0 Å². The van der Waals surface area contributed by atoms with E-state index in [2.05, 4.69) is 15.6 Å². The van der Waals surface area contributed by atoms with Crippen LogP contribution in [-0.2, 0) is 4.79 Å². The van der Waals surface area contributed by atoms with Crippen molar-refractivity contribution >= 4 is 11.8 Å². The Kier molecular flexibility index (Phi) is 4.04. The summed E-state index contributed by atoms with van der Waals surface area (Å²) in [6.45, 7) is 2.69. The Balaban J connectivity index is 1.96. The molecule has 2 rings (SSSR count). The number of carbonyl (C=O) groups excluding carboxylic acids is 2. The van der Waals surface area contributed by atoms with Crippen molar-refractivity contribution in [2.75, 3.05) is 6.54 Å². The number of carbonyl (C=O) groups is 2. The highest BCUT2D eigenvalue weighted by Crippen LogP contribution is 2.07. The van der Waals surface area contributed by atoms with Crippen molar-refractivity contribution in [1.82, 2.24) is 15.6 Å². The lowest BCUT2D eigenvalue weighted by Gasteiger charge is -2.22. The van der Waals surface area contributed by atoms with Crippen LogP contribution in [0.5, 0.6) is 0 Å². The van der Waals surface area contributed by atoms with E-state index in [1.807, 2.05) is 6.92 Å². The second kappa shape index (κ2) is 5.73. The molecule has 18 heavy (non-hydrogen) atoms. The zero-order valence-corrected chi connectivity index (χ0v) is 10.4. The van der Waals surface area contributed by atoms with E-state index in [1.165, 1.54) is 6.20 Å². The van der Waals surface area contributed by atoms with Gasteiger partial charge in [0, 0.05) is 12.4 Å². The number of nitrogens with zero attached hydrogens (tertiary/aromatic N) is 1. The molecular formula is C13H17N3O2. The van der Waals surface area contributed by atoms with Crippen molar-refractivity contribution in [2.24, 2.45) is 0 Å². The standard InChI is InChI=1S/C13H17N3O2/c1-9-6-10(8-14-7-9)12(17)16-13(18)11-4-2-3-5-15-11/h6-8,11,15H,2-5H2,1H3,(H,16,17,18)/t11-/m1/s1. The summed E-state index contributed by atoms with van der Waals surface area (Å²) < 4.78 is 0. The van der Waals surface area contributed by atoms with E-state index in [-0.39, 0.29) is 17.9 Å². The highest BCUT2D eigenvalue weighted by atomic mass is 16.2. The molecule has 0 spiro atoms. The van der Waals surface area contributed by atoms with Gasteiger partial charge in [0.05, 0.1) is 11.6 Å². The Labute approximate surface area is 106 Å². The summed E-state index contributed by atoms with van der Waals surface area (Å²) in [6.07, 6.45) is 6.02. The minimum atomic E-state index is -0.386. The van der Waals surface area contributed by atoms with Crippen LogP contribution in [0.15, 0.2) is 18.5 Å². The fraction of sp³-hybridized carbons (Fsp3) is 0.462. The van der Waals surface area contributed by atoms with Gasteiger partial charge in [-0.3, -0.25) is 19.9 Å². The fourth-order valence-electron chi connectivity index (χ4n) is 2.03. The molecule has 1 aromatic heterocycles. The number of nitrogens with one attached hydrogen (secondary N) is 2. The highest BCUT2D eigenvalue weighted by Gasteiger charge is 2.22. The fourth-order valence-corrected chi connectivity index (χ4v) is 2.03. The van der Waals surface area contributed by atoms with Crippen LogP contribution in [-0.4, -0.2) is 29.4 Å². The first-order valence-electron chi connectivity index (χ1n) is 6.17. The molecule has 5 nitrogen and oxygen atoms in total. The van der Waals surface area contributed by atoms with Gasteiger partial charge in [0.1, 0.15) is 0 Å². The molecule has 1 fully saturated rings. The molecule has 2 N–H and O–H groups in total. The van der Waals surface area contributed by atoms with Crippen LogP contribution in [0.4, 0.5) is 0 Å². The molecule has 0 saturated carbocycles. The largest absolute Gasteiger partial charge is 0.306 e. The van der Waals surface area contributed by atoms with E-state index in [0.29, 0.717) is 5.56 Å². The lowest BCUT2D eigenvalue weighted by molar-refractivity contribution is -0.122. The number of piperidine rings is 1. The Morgan fingerprint density at radius 3 is 2.89 bits per heavy atom. The van der Waals surface area contributed by atoms with Gasteiger partial charge in [0.2, 0.25) is 5.91 Å². The predicted octanol–water partition coefficient (Wildman–Crippen LogP) is 0.789. The van der Waals surface area contributed by atoms with E-state index in [1.54, 1.807) is 12.3 Å². The van der Waals surface area contributed by atoms with Gasteiger partial charge in [-0.2, -0.15) is 0 Å². The molecule has 0 aromatic carbocycles. The molecule has 0 radical (unpaired) electrons. The summed E-state index contributed by atoms with van der Waals surface area (Å²) in [5.41, 5.74) is 1.31. The van der Waals surface area contributed by atoms with Gasteiger partial charge in [-0.1, -0.05) is 6.42 Å². The first-order valence-corrected chi connectivity index (χ1v) is 6.17. The highest BCUT2D eigenvalue weighted by molar-refractivity contribution is 6.06. The Hall–Kier alpha value is -1.75. The van der Waals surface area contributed by atoms with E-state index in [9.17, 15) is 9.59 Å². The summed E-state index contributed by atoms with van der Waals surface area (Å²) in [5, 5.41) is 5.52. The molecule has 2 heterocycles. The summed E-state index contributed by atoms with van der Waals surface area (Å²) in [5.74, 6) is -0.634. The molecule has 2 amide bonds. The van der Waals surface area contributed by atoms with Gasteiger partial charge in [0.15, 0.2) is 0 Å². The first-order chi connectivity index (χ1) is 8.66. The van der Waals surface area contributed by atoms with Crippen LogP contribution in [0.1, 0.15) is 35.2 Å². The van der Waals surface area contributed by atoms with E-state index in [4.69, 9.17) is 0 Å². The Morgan fingerprint density at radius 1 is 1.39 bits per heavy atom. The second-order valence-corrected chi connectivity index (χ2v) is 4.57. The first kappa shape index (κ1) is 12.7. The zero-order chi connectivity index (χ0) is 13.0. The molecular weight excluding hydrogens is 230 g/mol. The van der Waals surface area contributed by atoms with Gasteiger partial charge in [-0.05, 0) is 37.9 Å². The van der Waals surface area contributed by atoms with Gasteiger partial charge in [0.25, 0.3) is 5.91 Å². The van der Waals surface area contributed by atoms with Gasteiger partial charge in [-0.15, -0.1) is 0 Å².